The van der Waals surface area contributed by atoms with E-state index in [0.717, 1.165) is 5.75 Å². The third kappa shape index (κ3) is 3.00. The van der Waals surface area contributed by atoms with Crippen molar-refractivity contribution in [3.05, 3.63) is 121 Å². The van der Waals surface area contributed by atoms with Crippen molar-refractivity contribution < 1.29 is 4.74 Å². The lowest BCUT2D eigenvalue weighted by atomic mass is 9.96. The predicted octanol–water partition coefficient (Wildman–Crippen LogP) is 9.98. The molecule has 8 aromatic rings. The fourth-order valence-electron chi connectivity index (χ4n) is 5.98. The van der Waals surface area contributed by atoms with E-state index in [2.05, 4.69) is 126 Å². The maximum absolute atomic E-state index is 5.84. The first-order chi connectivity index (χ1) is 18.8. The van der Waals surface area contributed by atoms with Crippen molar-refractivity contribution in [2.45, 2.75) is 0 Å². The SMILES string of the molecule is COc1cccc2c1sc1c(-c3ccc4ccccc4c3)cc3c(c4ccccc4n3-c3ccccc3)c12. The van der Waals surface area contributed by atoms with Gasteiger partial charge in [-0.3, -0.25) is 0 Å². The number of ether oxygens (including phenoxy) is 1. The maximum Gasteiger partial charge on any atom is 0.136 e. The van der Waals surface area contributed by atoms with Gasteiger partial charge in [-0.15, -0.1) is 11.3 Å². The van der Waals surface area contributed by atoms with Crippen LogP contribution in [0.4, 0.5) is 0 Å². The smallest absolute Gasteiger partial charge is 0.136 e. The Hall–Kier alpha value is -4.60. The molecular weight excluding hydrogens is 482 g/mol. The molecule has 0 amide bonds. The monoisotopic (exact) mass is 505 g/mol. The number of hydrogen-bond donors (Lipinski definition) is 0. The van der Waals surface area contributed by atoms with Crippen LogP contribution in [0.2, 0.25) is 0 Å². The van der Waals surface area contributed by atoms with Crippen LogP contribution in [-0.4, -0.2) is 11.7 Å². The highest BCUT2D eigenvalue weighted by atomic mass is 32.1. The molecule has 3 heteroatoms. The molecule has 0 saturated heterocycles. The Morgan fingerprint density at radius 2 is 1.34 bits per heavy atom. The molecule has 2 heterocycles. The summed E-state index contributed by atoms with van der Waals surface area (Å²) in [7, 11) is 1.76. The molecular formula is C35H23NOS. The quantitative estimate of drug-likeness (QED) is 0.233. The average molecular weight is 506 g/mol. The summed E-state index contributed by atoms with van der Waals surface area (Å²) in [5.41, 5.74) is 6.08. The highest BCUT2D eigenvalue weighted by Crippen LogP contribution is 2.49. The lowest BCUT2D eigenvalue weighted by molar-refractivity contribution is 0.420. The largest absolute Gasteiger partial charge is 0.495 e. The zero-order valence-corrected chi connectivity index (χ0v) is 21.6. The van der Waals surface area contributed by atoms with E-state index in [1.54, 1.807) is 7.11 Å². The first-order valence-electron chi connectivity index (χ1n) is 12.8. The van der Waals surface area contributed by atoms with Crippen LogP contribution in [0.3, 0.4) is 0 Å². The molecule has 0 radical (unpaired) electrons. The van der Waals surface area contributed by atoms with E-state index in [-0.39, 0.29) is 0 Å². The number of para-hydroxylation sites is 2. The van der Waals surface area contributed by atoms with E-state index in [0.29, 0.717) is 0 Å². The molecule has 38 heavy (non-hydrogen) atoms. The molecule has 0 fully saturated rings. The molecule has 0 saturated carbocycles. The number of nitrogens with zero attached hydrogens (tertiary/aromatic N) is 1. The van der Waals surface area contributed by atoms with Crippen molar-refractivity contribution >= 4 is 64.1 Å². The molecule has 0 unspecified atom stereocenters. The Labute approximate surface area is 223 Å². The number of aromatic nitrogens is 1. The van der Waals surface area contributed by atoms with Gasteiger partial charge in [-0.25, -0.2) is 0 Å². The Kier molecular flexibility index (Phi) is 4.64. The van der Waals surface area contributed by atoms with Gasteiger partial charge in [0.05, 0.1) is 22.8 Å². The van der Waals surface area contributed by atoms with Crippen molar-refractivity contribution in [3.8, 4) is 22.6 Å². The number of rotatable bonds is 3. The fraction of sp³-hybridized carbons (Fsp3) is 0.0286. The maximum atomic E-state index is 5.84. The summed E-state index contributed by atoms with van der Waals surface area (Å²) >= 11 is 1.83. The van der Waals surface area contributed by atoms with Crippen molar-refractivity contribution in [1.82, 2.24) is 4.57 Å². The summed E-state index contributed by atoms with van der Waals surface area (Å²) in [5, 5.41) is 7.61. The summed E-state index contributed by atoms with van der Waals surface area (Å²) in [5.74, 6) is 0.924. The zero-order valence-electron chi connectivity index (χ0n) is 20.8. The normalized spacial score (nSPS) is 11.8. The molecule has 6 aromatic carbocycles. The van der Waals surface area contributed by atoms with E-state index in [1.807, 2.05) is 11.3 Å². The summed E-state index contributed by atoms with van der Waals surface area (Å²) in [6.45, 7) is 0. The Morgan fingerprint density at radius 1 is 0.579 bits per heavy atom. The van der Waals surface area contributed by atoms with Gasteiger partial charge in [0, 0.05) is 37.5 Å². The predicted molar refractivity (Wildman–Crippen MR) is 163 cm³/mol. The van der Waals surface area contributed by atoms with E-state index >= 15 is 0 Å². The average Bonchev–Trinajstić information content (AvgIpc) is 3.53. The van der Waals surface area contributed by atoms with Crippen molar-refractivity contribution in [3.63, 3.8) is 0 Å². The summed E-state index contributed by atoms with van der Waals surface area (Å²) in [6, 6.07) is 43.7. The summed E-state index contributed by atoms with van der Waals surface area (Å²) in [4.78, 5) is 0. The lowest BCUT2D eigenvalue weighted by Gasteiger charge is -2.11. The van der Waals surface area contributed by atoms with Crippen molar-refractivity contribution in [2.24, 2.45) is 0 Å². The van der Waals surface area contributed by atoms with Crippen molar-refractivity contribution in [1.29, 1.82) is 0 Å². The van der Waals surface area contributed by atoms with Gasteiger partial charge in [0.25, 0.3) is 0 Å². The van der Waals surface area contributed by atoms with Gasteiger partial charge in [-0.2, -0.15) is 0 Å². The van der Waals surface area contributed by atoms with Crippen LogP contribution in [0.25, 0.3) is 69.6 Å². The Balaban J connectivity index is 1.62. The zero-order chi connectivity index (χ0) is 25.2. The Morgan fingerprint density at radius 3 is 2.21 bits per heavy atom. The topological polar surface area (TPSA) is 14.2 Å². The van der Waals surface area contributed by atoms with E-state index < -0.39 is 0 Å². The van der Waals surface area contributed by atoms with Gasteiger partial charge >= 0.3 is 0 Å². The van der Waals surface area contributed by atoms with Crippen LogP contribution in [0.1, 0.15) is 0 Å². The van der Waals surface area contributed by atoms with Crippen LogP contribution in [0.5, 0.6) is 5.75 Å². The van der Waals surface area contributed by atoms with E-state index in [4.69, 9.17) is 4.74 Å². The highest BCUT2D eigenvalue weighted by Gasteiger charge is 2.22. The van der Waals surface area contributed by atoms with E-state index in [1.165, 1.54) is 69.6 Å². The van der Waals surface area contributed by atoms with Gasteiger partial charge in [-0.1, -0.05) is 84.9 Å². The first-order valence-corrected chi connectivity index (χ1v) is 13.6. The fourth-order valence-corrected chi connectivity index (χ4v) is 7.32. The van der Waals surface area contributed by atoms with E-state index in [9.17, 15) is 0 Å². The number of methoxy groups -OCH3 is 1. The number of hydrogen-bond acceptors (Lipinski definition) is 2. The standard InChI is InChI=1S/C35H23NOS/c1-37-31-17-9-15-27-33-32-26-14-7-8-16-29(26)36(25-12-3-2-4-13-25)30(32)21-28(35(33)38-34(27)31)24-19-18-22-10-5-6-11-23(22)20-24/h2-21H,1H3. The third-order valence-corrected chi connectivity index (χ3v) is 8.91. The van der Waals surface area contributed by atoms with Crippen LogP contribution >= 0.6 is 11.3 Å². The molecule has 0 aliphatic carbocycles. The van der Waals surface area contributed by atoms with Crippen LogP contribution in [0, 0.1) is 0 Å². The summed E-state index contributed by atoms with van der Waals surface area (Å²) < 4.78 is 10.7. The lowest BCUT2D eigenvalue weighted by Crippen LogP contribution is -1.93. The number of thiophene rings is 1. The number of fused-ring (bicyclic) bond motifs is 8. The highest BCUT2D eigenvalue weighted by molar-refractivity contribution is 7.27. The van der Waals surface area contributed by atoms with Crippen LogP contribution < -0.4 is 4.74 Å². The second-order valence-electron chi connectivity index (χ2n) is 9.71. The van der Waals surface area contributed by atoms with Gasteiger partial charge in [0.2, 0.25) is 0 Å². The molecule has 8 rings (SSSR count). The molecule has 0 bridgehead atoms. The van der Waals surface area contributed by atoms with Crippen LogP contribution in [0.15, 0.2) is 121 Å². The second kappa shape index (κ2) is 8.20. The molecule has 2 aromatic heterocycles. The Bertz CT molecular complexity index is 2170. The minimum Gasteiger partial charge on any atom is -0.495 e. The van der Waals surface area contributed by atoms with Gasteiger partial charge < -0.3 is 9.30 Å². The van der Waals surface area contributed by atoms with Crippen LogP contribution in [-0.2, 0) is 0 Å². The van der Waals surface area contributed by atoms with Crippen molar-refractivity contribution in [2.75, 3.05) is 7.11 Å². The molecule has 0 spiro atoms. The number of benzene rings is 6. The van der Waals surface area contributed by atoms with Gasteiger partial charge in [0.15, 0.2) is 0 Å². The molecule has 0 N–H and O–H groups in total. The molecule has 180 valence electrons. The van der Waals surface area contributed by atoms with Gasteiger partial charge in [0.1, 0.15) is 5.75 Å². The minimum atomic E-state index is 0.924. The molecule has 0 atom stereocenters. The first kappa shape index (κ1) is 21.5. The van der Waals surface area contributed by atoms with Gasteiger partial charge in [-0.05, 0) is 52.7 Å². The molecule has 0 aliphatic rings. The third-order valence-electron chi connectivity index (χ3n) is 7.66. The summed E-state index contributed by atoms with van der Waals surface area (Å²) in [6.07, 6.45) is 0. The molecule has 2 nitrogen and oxygen atoms in total. The molecule has 0 aliphatic heterocycles. The second-order valence-corrected chi connectivity index (χ2v) is 10.7. The minimum absolute atomic E-state index is 0.924.